The van der Waals surface area contributed by atoms with E-state index in [0.717, 1.165) is 0 Å². The first-order valence-electron chi connectivity index (χ1n) is 3.44. The lowest BCUT2D eigenvalue weighted by atomic mass is 10.2. The van der Waals surface area contributed by atoms with Gasteiger partial charge in [-0.25, -0.2) is 8.42 Å². The lowest BCUT2D eigenvalue weighted by molar-refractivity contribution is 0.112. The smallest absolute Gasteiger partial charge is 0.188 e. The number of benzene rings is 1. The van der Waals surface area contributed by atoms with Gasteiger partial charge in [-0.05, 0) is 12.1 Å². The van der Waals surface area contributed by atoms with Crippen molar-refractivity contribution in [2.24, 2.45) is 0 Å². The van der Waals surface area contributed by atoms with Crippen LogP contribution in [-0.4, -0.2) is 19.4 Å². The summed E-state index contributed by atoms with van der Waals surface area (Å²) in [5.41, 5.74) is 0.466. The monoisotopic (exact) mass is 262 g/mol. The van der Waals surface area contributed by atoms with Crippen molar-refractivity contribution in [2.75, 3.05) is 4.66 Å². The standard InChI is InChI=1S/C8H7BrO3S/c9-6-13(11,12)8-3-1-7(5-10)2-4-8/h1-5H,6H2. The maximum Gasteiger partial charge on any atom is 0.188 e. The maximum atomic E-state index is 11.3. The van der Waals surface area contributed by atoms with Crippen molar-refractivity contribution >= 4 is 32.1 Å². The van der Waals surface area contributed by atoms with Gasteiger partial charge in [0.15, 0.2) is 9.84 Å². The van der Waals surface area contributed by atoms with Crippen LogP contribution in [0.25, 0.3) is 0 Å². The number of aldehydes is 1. The van der Waals surface area contributed by atoms with E-state index in [1.54, 1.807) is 0 Å². The molecule has 0 aromatic heterocycles. The summed E-state index contributed by atoms with van der Waals surface area (Å²) in [7, 11) is -3.22. The molecule has 0 bridgehead atoms. The minimum absolute atomic E-state index is 0.111. The highest BCUT2D eigenvalue weighted by Crippen LogP contribution is 2.13. The molecule has 3 nitrogen and oxygen atoms in total. The number of carbonyl (C=O) groups is 1. The molecule has 1 aromatic carbocycles. The van der Waals surface area contributed by atoms with Gasteiger partial charge < -0.3 is 0 Å². The second kappa shape index (κ2) is 4.02. The van der Waals surface area contributed by atoms with Crippen LogP contribution in [-0.2, 0) is 9.84 Å². The summed E-state index contributed by atoms with van der Waals surface area (Å²) in [5.74, 6) is 0. The summed E-state index contributed by atoms with van der Waals surface area (Å²) in [6.45, 7) is 0. The van der Waals surface area contributed by atoms with Crippen LogP contribution in [0.1, 0.15) is 10.4 Å². The molecule has 0 aliphatic rings. The number of carbonyl (C=O) groups excluding carboxylic acids is 1. The molecule has 1 aromatic rings. The summed E-state index contributed by atoms with van der Waals surface area (Å²) in [4.78, 5) is 10.5. The van der Waals surface area contributed by atoms with Crippen LogP contribution >= 0.6 is 15.9 Å². The van der Waals surface area contributed by atoms with Gasteiger partial charge in [0, 0.05) is 5.56 Å². The van der Waals surface area contributed by atoms with E-state index in [1.165, 1.54) is 24.3 Å². The van der Waals surface area contributed by atoms with Gasteiger partial charge in [0.1, 0.15) is 10.9 Å². The van der Waals surface area contributed by atoms with E-state index in [9.17, 15) is 13.2 Å². The van der Waals surface area contributed by atoms with E-state index >= 15 is 0 Å². The third kappa shape index (κ3) is 2.38. The minimum Gasteiger partial charge on any atom is -0.298 e. The van der Waals surface area contributed by atoms with E-state index in [2.05, 4.69) is 15.9 Å². The Labute approximate surface area is 84.8 Å². The first kappa shape index (κ1) is 10.4. The van der Waals surface area contributed by atoms with Crippen LogP contribution in [0.5, 0.6) is 0 Å². The third-order valence-corrected chi connectivity index (χ3v) is 4.60. The number of halogens is 1. The molecule has 0 amide bonds. The van der Waals surface area contributed by atoms with Crippen LogP contribution in [0.15, 0.2) is 29.2 Å². The number of alkyl halides is 1. The molecule has 13 heavy (non-hydrogen) atoms. The summed E-state index contributed by atoms with van der Waals surface area (Å²) in [6, 6.07) is 5.78. The molecule has 0 spiro atoms. The highest BCUT2D eigenvalue weighted by Gasteiger charge is 2.11. The zero-order valence-corrected chi connectivity index (χ0v) is 9.01. The molecule has 0 radical (unpaired) electrons. The zero-order chi connectivity index (χ0) is 9.90. The number of rotatable bonds is 3. The van der Waals surface area contributed by atoms with Gasteiger partial charge in [-0.2, -0.15) is 0 Å². The number of sulfone groups is 1. The Kier molecular flexibility index (Phi) is 3.22. The summed E-state index contributed by atoms with van der Waals surface area (Å²) < 4.78 is 22.4. The molecule has 0 aliphatic carbocycles. The average Bonchev–Trinajstić information content (AvgIpc) is 2.18. The maximum absolute atomic E-state index is 11.3. The number of hydrogen-bond donors (Lipinski definition) is 0. The van der Waals surface area contributed by atoms with Crippen LogP contribution in [0.4, 0.5) is 0 Å². The Morgan fingerprint density at radius 2 is 1.77 bits per heavy atom. The quantitative estimate of drug-likeness (QED) is 0.615. The molecule has 70 valence electrons. The van der Waals surface area contributed by atoms with Crippen molar-refractivity contribution in [3.05, 3.63) is 29.8 Å². The second-order valence-electron chi connectivity index (χ2n) is 2.41. The normalized spacial score (nSPS) is 11.2. The Bertz CT molecular complexity index is 394. The molecule has 0 saturated carbocycles. The van der Waals surface area contributed by atoms with Gasteiger partial charge >= 0.3 is 0 Å². The summed E-state index contributed by atoms with van der Waals surface area (Å²) in [6.07, 6.45) is 0.671. The van der Waals surface area contributed by atoms with Crippen molar-refractivity contribution in [3.8, 4) is 0 Å². The SMILES string of the molecule is O=Cc1ccc(S(=O)(=O)CBr)cc1. The van der Waals surface area contributed by atoms with Crippen LogP contribution < -0.4 is 0 Å². The largest absolute Gasteiger partial charge is 0.298 e. The van der Waals surface area contributed by atoms with E-state index in [-0.39, 0.29) is 9.56 Å². The molecular formula is C8H7BrO3S. The van der Waals surface area contributed by atoms with Crippen LogP contribution in [0.2, 0.25) is 0 Å². The highest BCUT2D eigenvalue weighted by molar-refractivity contribution is 9.10. The molecule has 0 unspecified atom stereocenters. The van der Waals surface area contributed by atoms with Crippen LogP contribution in [0, 0.1) is 0 Å². The van der Waals surface area contributed by atoms with E-state index in [4.69, 9.17) is 0 Å². The van der Waals surface area contributed by atoms with Gasteiger partial charge in [0.25, 0.3) is 0 Å². The van der Waals surface area contributed by atoms with Crippen molar-refractivity contribution in [1.29, 1.82) is 0 Å². The molecule has 0 aliphatic heterocycles. The number of hydrogen-bond acceptors (Lipinski definition) is 3. The molecule has 0 saturated heterocycles. The van der Waals surface area contributed by atoms with Gasteiger partial charge in [0.05, 0.1) is 4.90 Å². The Morgan fingerprint density at radius 3 is 2.15 bits per heavy atom. The topological polar surface area (TPSA) is 51.2 Å². The minimum atomic E-state index is -3.22. The van der Waals surface area contributed by atoms with Gasteiger partial charge in [0.2, 0.25) is 0 Å². The second-order valence-corrected chi connectivity index (χ2v) is 5.70. The molecule has 0 heterocycles. The van der Waals surface area contributed by atoms with Gasteiger partial charge in [-0.3, -0.25) is 4.79 Å². The van der Waals surface area contributed by atoms with Crippen molar-refractivity contribution in [1.82, 2.24) is 0 Å². The molecular weight excluding hydrogens is 256 g/mol. The van der Waals surface area contributed by atoms with Gasteiger partial charge in [-0.15, -0.1) is 0 Å². The van der Waals surface area contributed by atoms with Crippen LogP contribution in [0.3, 0.4) is 0 Å². The third-order valence-electron chi connectivity index (χ3n) is 1.52. The first-order chi connectivity index (χ1) is 6.10. The molecule has 5 heteroatoms. The van der Waals surface area contributed by atoms with E-state index in [0.29, 0.717) is 11.8 Å². The van der Waals surface area contributed by atoms with Crippen molar-refractivity contribution in [2.45, 2.75) is 4.90 Å². The predicted octanol–water partition coefficient (Wildman–Crippen LogP) is 1.63. The average molecular weight is 263 g/mol. The Morgan fingerprint density at radius 1 is 1.23 bits per heavy atom. The van der Waals surface area contributed by atoms with E-state index in [1.807, 2.05) is 0 Å². The summed E-state index contributed by atoms with van der Waals surface area (Å²) in [5, 5.41) is 0. The van der Waals surface area contributed by atoms with Crippen molar-refractivity contribution in [3.63, 3.8) is 0 Å². The fraction of sp³-hybridized carbons (Fsp3) is 0.125. The first-order valence-corrected chi connectivity index (χ1v) is 6.21. The zero-order valence-electron chi connectivity index (χ0n) is 6.60. The summed E-state index contributed by atoms with van der Waals surface area (Å²) >= 11 is 2.89. The Hall–Kier alpha value is -0.680. The Balaban J connectivity index is 3.13. The molecule has 0 atom stereocenters. The van der Waals surface area contributed by atoms with Gasteiger partial charge in [-0.1, -0.05) is 28.1 Å². The highest BCUT2D eigenvalue weighted by atomic mass is 79.9. The molecule has 1 rings (SSSR count). The lowest BCUT2D eigenvalue weighted by Gasteiger charge is -1.99. The lowest BCUT2D eigenvalue weighted by Crippen LogP contribution is -2.01. The molecule has 0 N–H and O–H groups in total. The van der Waals surface area contributed by atoms with E-state index < -0.39 is 9.84 Å². The fourth-order valence-electron chi connectivity index (χ4n) is 0.817. The molecule has 0 fully saturated rings. The van der Waals surface area contributed by atoms with Crippen molar-refractivity contribution < 1.29 is 13.2 Å². The predicted molar refractivity (Wildman–Crippen MR) is 52.8 cm³/mol. The fourth-order valence-corrected chi connectivity index (χ4v) is 2.29.